The smallest absolute Gasteiger partial charge is 0.270 e. The highest BCUT2D eigenvalue weighted by Crippen LogP contribution is 2.28. The van der Waals surface area contributed by atoms with Crippen LogP contribution in [0.5, 0.6) is 0 Å². The normalized spacial score (nSPS) is 19.4. The van der Waals surface area contributed by atoms with Gasteiger partial charge in [0.2, 0.25) is 5.91 Å². The maximum atomic E-state index is 13.1. The first-order valence-corrected chi connectivity index (χ1v) is 7.96. The van der Waals surface area contributed by atoms with E-state index in [1.165, 1.54) is 35.2 Å². The number of halogens is 1. The topological polar surface area (TPSA) is 96.0 Å². The number of anilines is 1. The SMILES string of the molecule is CC(C)(C)/C(O)=C/C(N)=NC(=O)[C@@H]1CCC(=O)N1c1ccc(F)cc1. The van der Waals surface area contributed by atoms with Gasteiger partial charge in [0, 0.05) is 23.6 Å². The summed E-state index contributed by atoms with van der Waals surface area (Å²) < 4.78 is 13.1. The highest BCUT2D eigenvalue weighted by atomic mass is 19.1. The van der Waals surface area contributed by atoms with Crippen LogP contribution in [0.2, 0.25) is 0 Å². The fourth-order valence-corrected chi connectivity index (χ4v) is 2.43. The molecule has 0 spiro atoms. The number of amidine groups is 1. The second-order valence-corrected chi connectivity index (χ2v) is 6.95. The predicted molar refractivity (Wildman–Crippen MR) is 93.7 cm³/mol. The zero-order chi connectivity index (χ0) is 18.8. The van der Waals surface area contributed by atoms with Gasteiger partial charge in [0.25, 0.3) is 5.91 Å². The molecular formula is C18H22FN3O3. The first-order chi connectivity index (χ1) is 11.6. The number of allylic oxidation sites excluding steroid dienone is 1. The van der Waals surface area contributed by atoms with Crippen LogP contribution in [0.1, 0.15) is 33.6 Å². The Morgan fingerprint density at radius 1 is 1.36 bits per heavy atom. The van der Waals surface area contributed by atoms with Crippen molar-refractivity contribution in [2.75, 3.05) is 4.90 Å². The van der Waals surface area contributed by atoms with E-state index in [1.54, 1.807) is 20.8 Å². The van der Waals surface area contributed by atoms with E-state index in [0.717, 1.165) is 0 Å². The average molecular weight is 347 g/mol. The fraction of sp³-hybridized carbons (Fsp3) is 0.389. The fourth-order valence-electron chi connectivity index (χ4n) is 2.43. The Balaban J connectivity index is 2.24. The summed E-state index contributed by atoms with van der Waals surface area (Å²) >= 11 is 0. The lowest BCUT2D eigenvalue weighted by Crippen LogP contribution is -2.38. The van der Waals surface area contributed by atoms with Gasteiger partial charge in [-0.1, -0.05) is 20.8 Å². The summed E-state index contributed by atoms with van der Waals surface area (Å²) in [5, 5.41) is 9.92. The Hall–Kier alpha value is -2.70. The minimum absolute atomic E-state index is 0.000519. The standard InChI is InChI=1S/C18H22FN3O3/c1-18(2,3)14(23)10-15(20)21-17(25)13-8-9-16(24)22(13)12-6-4-11(19)5-7-12/h4-7,10,13,23H,8-9H2,1-3H3,(H2,20,21,25)/b14-10-/t13-/m0/s1. The zero-order valence-electron chi connectivity index (χ0n) is 14.5. The Labute approximate surface area is 145 Å². The molecule has 7 heteroatoms. The lowest BCUT2D eigenvalue weighted by Gasteiger charge is -2.22. The average Bonchev–Trinajstić information content (AvgIpc) is 2.89. The third-order valence-corrected chi connectivity index (χ3v) is 3.89. The predicted octanol–water partition coefficient (Wildman–Crippen LogP) is 2.69. The van der Waals surface area contributed by atoms with Gasteiger partial charge in [0.15, 0.2) is 0 Å². The van der Waals surface area contributed by atoms with E-state index in [1.807, 2.05) is 0 Å². The molecule has 0 aliphatic carbocycles. The molecule has 1 aliphatic rings. The van der Waals surface area contributed by atoms with Crippen molar-refractivity contribution >= 4 is 23.3 Å². The molecule has 0 saturated carbocycles. The van der Waals surface area contributed by atoms with E-state index < -0.39 is 23.2 Å². The number of nitrogens with zero attached hydrogens (tertiary/aromatic N) is 2. The van der Waals surface area contributed by atoms with Gasteiger partial charge in [-0.05, 0) is 30.7 Å². The third kappa shape index (κ3) is 4.43. The van der Waals surface area contributed by atoms with Gasteiger partial charge in [0.1, 0.15) is 23.5 Å². The number of benzene rings is 1. The van der Waals surface area contributed by atoms with Crippen LogP contribution in [0, 0.1) is 11.2 Å². The van der Waals surface area contributed by atoms with Crippen molar-refractivity contribution in [1.29, 1.82) is 0 Å². The number of rotatable bonds is 3. The maximum Gasteiger partial charge on any atom is 0.270 e. The van der Waals surface area contributed by atoms with Gasteiger partial charge in [-0.3, -0.25) is 14.5 Å². The van der Waals surface area contributed by atoms with Crippen molar-refractivity contribution < 1.29 is 19.1 Å². The number of carbonyl (C=O) groups excluding carboxylic acids is 2. The molecule has 1 saturated heterocycles. The van der Waals surface area contributed by atoms with Crippen LogP contribution in [-0.4, -0.2) is 28.8 Å². The molecule has 2 amide bonds. The largest absolute Gasteiger partial charge is 0.512 e. The number of aliphatic imine (C=N–C) groups is 1. The van der Waals surface area contributed by atoms with Crippen molar-refractivity contribution in [2.45, 2.75) is 39.7 Å². The molecule has 6 nitrogen and oxygen atoms in total. The number of amides is 2. The van der Waals surface area contributed by atoms with Gasteiger partial charge in [-0.2, -0.15) is 4.99 Å². The molecule has 0 bridgehead atoms. The van der Waals surface area contributed by atoms with Crippen LogP contribution in [-0.2, 0) is 9.59 Å². The Morgan fingerprint density at radius 2 is 1.96 bits per heavy atom. The highest BCUT2D eigenvalue weighted by molar-refractivity contribution is 6.08. The van der Waals surface area contributed by atoms with Gasteiger partial charge >= 0.3 is 0 Å². The molecule has 1 aliphatic heterocycles. The summed E-state index contributed by atoms with van der Waals surface area (Å²) in [6, 6.07) is 4.55. The van der Waals surface area contributed by atoms with Crippen molar-refractivity contribution in [1.82, 2.24) is 0 Å². The summed E-state index contributed by atoms with van der Waals surface area (Å²) in [5.41, 5.74) is 5.63. The number of carbonyl (C=O) groups is 2. The Morgan fingerprint density at radius 3 is 2.52 bits per heavy atom. The highest BCUT2D eigenvalue weighted by Gasteiger charge is 2.37. The second kappa shape index (κ2) is 7.04. The number of nitrogens with two attached hydrogens (primary N) is 1. The molecule has 1 aromatic carbocycles. The zero-order valence-corrected chi connectivity index (χ0v) is 14.5. The molecular weight excluding hydrogens is 325 g/mol. The second-order valence-electron chi connectivity index (χ2n) is 6.95. The summed E-state index contributed by atoms with van der Waals surface area (Å²) in [6.45, 7) is 5.37. The number of hydrogen-bond acceptors (Lipinski definition) is 3. The quantitative estimate of drug-likeness (QED) is 0.499. The van der Waals surface area contributed by atoms with Gasteiger partial charge in [0.05, 0.1) is 0 Å². The lowest BCUT2D eigenvalue weighted by atomic mass is 9.93. The van der Waals surface area contributed by atoms with Crippen LogP contribution < -0.4 is 10.6 Å². The van der Waals surface area contributed by atoms with Crippen molar-refractivity contribution in [3.63, 3.8) is 0 Å². The number of aliphatic hydroxyl groups excluding tert-OH is 1. The van der Waals surface area contributed by atoms with Crippen LogP contribution in [0.15, 0.2) is 41.1 Å². The molecule has 1 fully saturated rings. The van der Waals surface area contributed by atoms with Crippen LogP contribution >= 0.6 is 0 Å². The van der Waals surface area contributed by atoms with E-state index in [9.17, 15) is 19.1 Å². The van der Waals surface area contributed by atoms with Crippen molar-refractivity contribution in [3.8, 4) is 0 Å². The van der Waals surface area contributed by atoms with Crippen molar-refractivity contribution in [3.05, 3.63) is 41.9 Å². The summed E-state index contributed by atoms with van der Waals surface area (Å²) in [5.74, 6) is -1.36. The monoisotopic (exact) mass is 347 g/mol. The maximum absolute atomic E-state index is 13.1. The first-order valence-electron chi connectivity index (χ1n) is 7.96. The van der Waals surface area contributed by atoms with Crippen LogP contribution in [0.25, 0.3) is 0 Å². The summed E-state index contributed by atoms with van der Waals surface area (Å²) in [6.07, 6.45) is 1.74. The Kier molecular flexibility index (Phi) is 5.25. The minimum atomic E-state index is -0.790. The van der Waals surface area contributed by atoms with Gasteiger partial charge < -0.3 is 10.8 Å². The third-order valence-electron chi connectivity index (χ3n) is 3.89. The van der Waals surface area contributed by atoms with Crippen molar-refractivity contribution in [2.24, 2.45) is 16.1 Å². The van der Waals surface area contributed by atoms with E-state index in [2.05, 4.69) is 4.99 Å². The van der Waals surface area contributed by atoms with Gasteiger partial charge in [-0.15, -0.1) is 0 Å². The van der Waals surface area contributed by atoms with E-state index >= 15 is 0 Å². The van der Waals surface area contributed by atoms with E-state index in [0.29, 0.717) is 12.1 Å². The van der Waals surface area contributed by atoms with E-state index in [-0.39, 0.29) is 23.9 Å². The first kappa shape index (κ1) is 18.6. The summed E-state index contributed by atoms with van der Waals surface area (Å²) in [7, 11) is 0. The molecule has 3 N–H and O–H groups in total. The molecule has 134 valence electrons. The van der Waals surface area contributed by atoms with Crippen LogP contribution in [0.3, 0.4) is 0 Å². The van der Waals surface area contributed by atoms with E-state index in [4.69, 9.17) is 5.73 Å². The van der Waals surface area contributed by atoms with Gasteiger partial charge in [-0.25, -0.2) is 4.39 Å². The molecule has 0 radical (unpaired) electrons. The Bertz CT molecular complexity index is 733. The molecule has 2 rings (SSSR count). The molecule has 0 aromatic heterocycles. The number of hydrogen-bond donors (Lipinski definition) is 2. The molecule has 1 atom stereocenters. The molecule has 1 heterocycles. The van der Waals surface area contributed by atoms with Crippen LogP contribution in [0.4, 0.5) is 10.1 Å². The molecule has 0 unspecified atom stereocenters. The molecule has 1 aromatic rings. The minimum Gasteiger partial charge on any atom is -0.512 e. The number of aliphatic hydroxyl groups is 1. The lowest BCUT2D eigenvalue weighted by molar-refractivity contribution is -0.121. The summed E-state index contributed by atoms with van der Waals surface area (Å²) in [4.78, 5) is 29.7. The molecule has 25 heavy (non-hydrogen) atoms.